The first-order valence-electron chi connectivity index (χ1n) is 12.3. The molecule has 3 heterocycles. The molecule has 5 rings (SSSR count). The highest BCUT2D eigenvalue weighted by Crippen LogP contribution is 2.40. The number of benzene rings is 1. The molecule has 2 atom stereocenters. The Hall–Kier alpha value is -2.39. The summed E-state index contributed by atoms with van der Waals surface area (Å²) in [7, 11) is 0. The smallest absolute Gasteiger partial charge is 0.283 e. The van der Waals surface area contributed by atoms with E-state index in [1.807, 2.05) is 19.1 Å². The highest BCUT2D eigenvalue weighted by Gasteiger charge is 2.44. The number of hydrogen-bond acceptors (Lipinski definition) is 6. The quantitative estimate of drug-likeness (QED) is 0.421. The Morgan fingerprint density at radius 1 is 1.17 bits per heavy atom. The van der Waals surface area contributed by atoms with Crippen molar-refractivity contribution in [1.82, 2.24) is 19.5 Å². The molecule has 2 unspecified atom stereocenters. The molecular weight excluding hydrogens is 503 g/mol. The third-order valence-corrected chi connectivity index (χ3v) is 7.24. The van der Waals surface area contributed by atoms with Crippen molar-refractivity contribution in [2.45, 2.75) is 76.7 Å². The molecule has 194 valence electrons. The monoisotopic (exact) mass is 534 g/mol. The third kappa shape index (κ3) is 6.11. The van der Waals surface area contributed by atoms with Gasteiger partial charge in [0.25, 0.3) is 5.56 Å². The van der Waals surface area contributed by atoms with Crippen molar-refractivity contribution in [2.24, 2.45) is 0 Å². The topological polar surface area (TPSA) is 91.4 Å². The average Bonchev–Trinajstić information content (AvgIpc) is 3.53. The van der Waals surface area contributed by atoms with Crippen LogP contribution in [0.4, 0.5) is 0 Å². The summed E-state index contributed by atoms with van der Waals surface area (Å²) in [6, 6.07) is 8.69. The molecule has 8 nitrogen and oxygen atoms in total. The maximum Gasteiger partial charge on any atom is 0.283 e. The van der Waals surface area contributed by atoms with E-state index in [1.165, 1.54) is 31.7 Å². The van der Waals surface area contributed by atoms with Gasteiger partial charge in [0.15, 0.2) is 0 Å². The minimum atomic E-state index is -0.962. The van der Waals surface area contributed by atoms with E-state index in [1.54, 1.807) is 23.1 Å². The van der Waals surface area contributed by atoms with Gasteiger partial charge in [0.05, 0.1) is 23.4 Å². The number of nitrogens with zero attached hydrogens (tertiary/aromatic N) is 4. The number of ether oxygens (including phenoxy) is 2. The fourth-order valence-electron chi connectivity index (χ4n) is 4.81. The SMILES string of the molecule is CCC1COC(Cn2cncn2)(c2ccc(Cl)cc2Cl)O1.Cc1cc(C2CCCCC2)n(O)c(=O)c1. The second-order valence-corrected chi connectivity index (χ2v) is 10.2. The van der Waals surface area contributed by atoms with Gasteiger partial charge in [0.2, 0.25) is 5.79 Å². The van der Waals surface area contributed by atoms with Crippen LogP contribution in [0.5, 0.6) is 0 Å². The summed E-state index contributed by atoms with van der Waals surface area (Å²) in [6.45, 7) is 4.85. The fraction of sp³-hybridized carbons (Fsp3) is 0.500. The molecule has 1 saturated heterocycles. The van der Waals surface area contributed by atoms with E-state index in [0.717, 1.165) is 40.8 Å². The second kappa shape index (κ2) is 11.8. The molecule has 1 aliphatic heterocycles. The van der Waals surface area contributed by atoms with Crippen LogP contribution in [0.1, 0.15) is 68.2 Å². The number of aromatic nitrogens is 4. The first-order chi connectivity index (χ1) is 17.3. The Kier molecular flexibility index (Phi) is 8.72. The van der Waals surface area contributed by atoms with E-state index in [4.69, 9.17) is 32.7 Å². The van der Waals surface area contributed by atoms with Crippen LogP contribution in [0.2, 0.25) is 10.0 Å². The molecule has 0 bridgehead atoms. The Morgan fingerprint density at radius 3 is 2.58 bits per heavy atom. The predicted molar refractivity (Wildman–Crippen MR) is 138 cm³/mol. The van der Waals surface area contributed by atoms with Gasteiger partial charge in [-0.05, 0) is 49.9 Å². The van der Waals surface area contributed by atoms with Crippen molar-refractivity contribution in [3.8, 4) is 0 Å². The van der Waals surface area contributed by atoms with Crippen molar-refractivity contribution < 1.29 is 14.7 Å². The van der Waals surface area contributed by atoms with Crippen LogP contribution in [-0.2, 0) is 21.8 Å². The lowest BCUT2D eigenvalue weighted by Gasteiger charge is -2.29. The molecular formula is C26H32Cl2N4O4. The largest absolute Gasteiger partial charge is 0.425 e. The molecule has 1 aliphatic carbocycles. The second-order valence-electron chi connectivity index (χ2n) is 9.37. The zero-order valence-electron chi connectivity index (χ0n) is 20.6. The van der Waals surface area contributed by atoms with Gasteiger partial charge >= 0.3 is 0 Å². The predicted octanol–water partition coefficient (Wildman–Crippen LogP) is 5.71. The Balaban J connectivity index is 0.000000179. The Bertz CT molecular complexity index is 1210. The molecule has 1 aromatic carbocycles. The maximum atomic E-state index is 11.4. The third-order valence-electron chi connectivity index (χ3n) is 6.70. The van der Waals surface area contributed by atoms with Crippen LogP contribution in [0.3, 0.4) is 0 Å². The summed E-state index contributed by atoms with van der Waals surface area (Å²) in [5.41, 5.74) is 2.17. The van der Waals surface area contributed by atoms with Crippen molar-refractivity contribution in [3.05, 3.63) is 80.2 Å². The highest BCUT2D eigenvalue weighted by atomic mass is 35.5. The minimum Gasteiger partial charge on any atom is -0.425 e. The Labute approximate surface area is 220 Å². The summed E-state index contributed by atoms with van der Waals surface area (Å²) in [5, 5.41) is 14.9. The van der Waals surface area contributed by atoms with Crippen LogP contribution in [0.25, 0.3) is 0 Å². The van der Waals surface area contributed by atoms with Crippen molar-refractivity contribution in [2.75, 3.05) is 6.61 Å². The van der Waals surface area contributed by atoms with Gasteiger partial charge in [-0.1, -0.05) is 55.5 Å². The van der Waals surface area contributed by atoms with Gasteiger partial charge < -0.3 is 14.7 Å². The van der Waals surface area contributed by atoms with Gasteiger partial charge in [0.1, 0.15) is 19.2 Å². The molecule has 1 saturated carbocycles. The lowest BCUT2D eigenvalue weighted by molar-refractivity contribution is -0.188. The normalized spacial score (nSPS) is 22.3. The molecule has 2 aromatic heterocycles. The molecule has 10 heteroatoms. The lowest BCUT2D eigenvalue weighted by atomic mass is 9.86. The van der Waals surface area contributed by atoms with E-state index in [0.29, 0.717) is 29.1 Å². The molecule has 1 N–H and O–H groups in total. The van der Waals surface area contributed by atoms with Crippen molar-refractivity contribution in [1.29, 1.82) is 0 Å². The van der Waals surface area contributed by atoms with Crippen LogP contribution in [-0.4, -0.2) is 37.4 Å². The zero-order chi connectivity index (χ0) is 25.7. The lowest BCUT2D eigenvalue weighted by Crippen LogP contribution is -2.34. The van der Waals surface area contributed by atoms with Gasteiger partial charge in [-0.15, -0.1) is 0 Å². The van der Waals surface area contributed by atoms with E-state index in [2.05, 4.69) is 17.0 Å². The Morgan fingerprint density at radius 2 is 1.94 bits per heavy atom. The van der Waals surface area contributed by atoms with Gasteiger partial charge in [-0.3, -0.25) is 4.79 Å². The van der Waals surface area contributed by atoms with Crippen LogP contribution >= 0.6 is 23.2 Å². The molecule has 2 fully saturated rings. The molecule has 36 heavy (non-hydrogen) atoms. The standard InChI is InChI=1S/C14H15Cl2N3O2.C12H17NO2/c1-2-11-6-20-14(21-11,7-19-9-17-8-18-19)12-4-3-10(15)5-13(12)16;1-9-7-11(13(15)12(14)8-9)10-5-3-2-4-6-10/h3-5,8-9,11H,2,6-7H2,1H3;7-8,10,15H,2-6H2,1H3. The molecule has 2 aliphatic rings. The first kappa shape index (κ1) is 26.7. The van der Waals surface area contributed by atoms with Crippen LogP contribution in [0, 0.1) is 6.92 Å². The van der Waals surface area contributed by atoms with Gasteiger partial charge in [-0.25, -0.2) is 9.67 Å². The first-order valence-corrected chi connectivity index (χ1v) is 13.1. The van der Waals surface area contributed by atoms with Gasteiger partial charge in [0, 0.05) is 22.6 Å². The van der Waals surface area contributed by atoms with Crippen molar-refractivity contribution in [3.63, 3.8) is 0 Å². The fourth-order valence-corrected chi connectivity index (χ4v) is 5.36. The summed E-state index contributed by atoms with van der Waals surface area (Å²) >= 11 is 12.3. The molecule has 3 aromatic rings. The average molecular weight is 535 g/mol. The zero-order valence-corrected chi connectivity index (χ0v) is 22.1. The van der Waals surface area contributed by atoms with Gasteiger partial charge in [-0.2, -0.15) is 9.83 Å². The van der Waals surface area contributed by atoms with Crippen LogP contribution in [0.15, 0.2) is 47.8 Å². The maximum absolute atomic E-state index is 11.4. The van der Waals surface area contributed by atoms with E-state index in [-0.39, 0.29) is 11.7 Å². The summed E-state index contributed by atoms with van der Waals surface area (Å²) in [4.78, 5) is 15.4. The number of pyridine rings is 1. The number of aryl methyl sites for hydroxylation is 1. The number of rotatable bonds is 5. The number of halogens is 2. The van der Waals surface area contributed by atoms with Crippen LogP contribution < -0.4 is 5.56 Å². The van der Waals surface area contributed by atoms with E-state index < -0.39 is 5.79 Å². The molecule has 0 amide bonds. The number of hydrogen-bond donors (Lipinski definition) is 1. The summed E-state index contributed by atoms with van der Waals surface area (Å²) in [5.74, 6) is -0.605. The highest BCUT2D eigenvalue weighted by molar-refractivity contribution is 6.35. The summed E-state index contributed by atoms with van der Waals surface area (Å²) < 4.78 is 14.6. The van der Waals surface area contributed by atoms with Crippen molar-refractivity contribution >= 4 is 23.2 Å². The molecule has 0 spiro atoms. The van der Waals surface area contributed by atoms with E-state index >= 15 is 0 Å². The summed E-state index contributed by atoms with van der Waals surface area (Å²) in [6.07, 6.45) is 9.84. The minimum absolute atomic E-state index is 0.0280. The van der Waals surface area contributed by atoms with E-state index in [9.17, 15) is 10.0 Å². The molecule has 0 radical (unpaired) electrons.